The monoisotopic (exact) mass is 358 g/mol. The number of fused-ring (bicyclic) bond motifs is 1. The molecule has 0 bridgehead atoms. The Kier molecular flexibility index (Phi) is 4.32. The number of hydrogen-bond donors (Lipinski definition) is 1. The minimum atomic E-state index is 0.556. The Hall–Kier alpha value is -2.06. The molecule has 1 aliphatic carbocycles. The normalized spacial score (nSPS) is 23.8. The van der Waals surface area contributed by atoms with Crippen LogP contribution in [-0.4, -0.2) is 16.4 Å². The molecule has 1 aromatic heterocycles. The van der Waals surface area contributed by atoms with Gasteiger partial charge < -0.3 is 4.98 Å². The van der Waals surface area contributed by atoms with Crippen LogP contribution in [0.15, 0.2) is 48.7 Å². The van der Waals surface area contributed by atoms with Gasteiger partial charge in [-0.15, -0.1) is 0 Å². The maximum atomic E-state index is 3.45. The topological polar surface area (TPSA) is 19.0 Å². The lowest BCUT2D eigenvalue weighted by molar-refractivity contribution is 0.0960. The molecule has 2 heterocycles. The van der Waals surface area contributed by atoms with Crippen molar-refractivity contribution < 1.29 is 0 Å². The second-order valence-electron chi connectivity index (χ2n) is 8.77. The molecule has 2 atom stereocenters. The van der Waals surface area contributed by atoms with Crippen molar-refractivity contribution in [3.05, 3.63) is 70.9 Å². The summed E-state index contributed by atoms with van der Waals surface area (Å²) in [6.07, 6.45) is 7.72. The number of aromatic amines is 1. The molecule has 1 unspecified atom stereocenters. The number of benzene rings is 2. The Morgan fingerprint density at radius 2 is 1.78 bits per heavy atom. The van der Waals surface area contributed by atoms with E-state index >= 15 is 0 Å². The molecule has 2 aliphatic rings. The lowest BCUT2D eigenvalue weighted by Gasteiger charge is -2.40. The van der Waals surface area contributed by atoms with Gasteiger partial charge in [0, 0.05) is 29.7 Å². The quantitative estimate of drug-likeness (QED) is 0.593. The standard InChI is InChI=1S/C25H30N2/c1-17-14-18(2)25-22(10-12-26-25)23(17)16-27-13-11-21(19-8-9-19)15-24(27)20-6-4-3-5-7-20/h3-7,10,12,14,19,21,24,26H,8-9,11,13,15-16H2,1-2H3/t21?,24-/m0/s1. The minimum Gasteiger partial charge on any atom is -0.361 e. The van der Waals surface area contributed by atoms with Crippen LogP contribution >= 0.6 is 0 Å². The number of hydrogen-bond acceptors (Lipinski definition) is 1. The summed E-state index contributed by atoms with van der Waals surface area (Å²) in [6.45, 7) is 6.77. The number of likely N-dealkylation sites (tertiary alicyclic amines) is 1. The van der Waals surface area contributed by atoms with Gasteiger partial charge in [-0.1, -0.05) is 36.4 Å². The van der Waals surface area contributed by atoms with Crippen molar-refractivity contribution in [2.75, 3.05) is 6.54 Å². The van der Waals surface area contributed by atoms with Gasteiger partial charge in [0.15, 0.2) is 0 Å². The Bertz CT molecular complexity index is 936. The summed E-state index contributed by atoms with van der Waals surface area (Å²) < 4.78 is 0. The summed E-state index contributed by atoms with van der Waals surface area (Å²) in [6, 6.07) is 16.4. The summed E-state index contributed by atoms with van der Waals surface area (Å²) >= 11 is 0. The molecule has 27 heavy (non-hydrogen) atoms. The molecular weight excluding hydrogens is 328 g/mol. The van der Waals surface area contributed by atoms with E-state index < -0.39 is 0 Å². The van der Waals surface area contributed by atoms with Crippen molar-refractivity contribution in [1.29, 1.82) is 0 Å². The van der Waals surface area contributed by atoms with E-state index in [9.17, 15) is 0 Å². The molecule has 2 heteroatoms. The number of rotatable bonds is 4. The molecule has 1 saturated heterocycles. The summed E-state index contributed by atoms with van der Waals surface area (Å²) in [7, 11) is 0. The third kappa shape index (κ3) is 3.21. The molecule has 0 radical (unpaired) electrons. The highest BCUT2D eigenvalue weighted by atomic mass is 15.2. The number of aromatic nitrogens is 1. The van der Waals surface area contributed by atoms with E-state index in [1.54, 1.807) is 0 Å². The van der Waals surface area contributed by atoms with Gasteiger partial charge in [0.25, 0.3) is 0 Å². The van der Waals surface area contributed by atoms with Crippen LogP contribution in [-0.2, 0) is 6.54 Å². The van der Waals surface area contributed by atoms with E-state index in [-0.39, 0.29) is 0 Å². The smallest absolute Gasteiger partial charge is 0.0487 e. The largest absolute Gasteiger partial charge is 0.361 e. The molecule has 2 nitrogen and oxygen atoms in total. The predicted molar refractivity (Wildman–Crippen MR) is 113 cm³/mol. The van der Waals surface area contributed by atoms with Crippen molar-refractivity contribution in [3.63, 3.8) is 0 Å². The van der Waals surface area contributed by atoms with Crippen molar-refractivity contribution in [2.24, 2.45) is 11.8 Å². The van der Waals surface area contributed by atoms with Crippen molar-refractivity contribution in [1.82, 2.24) is 9.88 Å². The lowest BCUT2D eigenvalue weighted by Crippen LogP contribution is -2.37. The minimum absolute atomic E-state index is 0.556. The molecule has 2 aromatic carbocycles. The molecule has 3 aromatic rings. The first-order valence-corrected chi connectivity index (χ1v) is 10.6. The molecule has 0 amide bonds. The molecule has 5 rings (SSSR count). The number of nitrogens with one attached hydrogen (secondary N) is 1. The van der Waals surface area contributed by atoms with Crippen molar-refractivity contribution in [3.8, 4) is 0 Å². The van der Waals surface area contributed by atoms with Crippen LogP contribution < -0.4 is 0 Å². The SMILES string of the molecule is Cc1cc(C)c2[nH]ccc2c1CN1CCC(C2CC2)C[C@H]1c1ccccc1. The zero-order valence-corrected chi connectivity index (χ0v) is 16.5. The van der Waals surface area contributed by atoms with E-state index in [4.69, 9.17) is 0 Å². The van der Waals surface area contributed by atoms with Crippen LogP contribution in [0.5, 0.6) is 0 Å². The fourth-order valence-corrected chi connectivity index (χ4v) is 5.30. The highest BCUT2D eigenvalue weighted by molar-refractivity contribution is 5.86. The van der Waals surface area contributed by atoms with Gasteiger partial charge in [-0.25, -0.2) is 0 Å². The number of piperidine rings is 1. The van der Waals surface area contributed by atoms with Crippen molar-refractivity contribution >= 4 is 10.9 Å². The molecule has 1 aliphatic heterocycles. The van der Waals surface area contributed by atoms with Crippen LogP contribution in [0.1, 0.15) is 54.0 Å². The van der Waals surface area contributed by atoms with Crippen LogP contribution in [0.3, 0.4) is 0 Å². The van der Waals surface area contributed by atoms with Gasteiger partial charge in [-0.05, 0) is 86.2 Å². The Morgan fingerprint density at radius 3 is 2.56 bits per heavy atom. The molecule has 2 fully saturated rings. The second-order valence-corrected chi connectivity index (χ2v) is 8.77. The summed E-state index contributed by atoms with van der Waals surface area (Å²) in [5.74, 6) is 1.94. The first-order valence-electron chi connectivity index (χ1n) is 10.6. The van der Waals surface area contributed by atoms with E-state index in [0.717, 1.165) is 18.4 Å². The van der Waals surface area contributed by atoms with E-state index in [0.29, 0.717) is 6.04 Å². The highest BCUT2D eigenvalue weighted by Crippen LogP contribution is 2.47. The van der Waals surface area contributed by atoms with E-state index in [1.165, 1.54) is 65.4 Å². The third-order valence-electron chi connectivity index (χ3n) is 6.96. The molecule has 1 saturated carbocycles. The number of nitrogens with zero attached hydrogens (tertiary/aromatic N) is 1. The maximum Gasteiger partial charge on any atom is 0.0487 e. The van der Waals surface area contributed by atoms with Crippen LogP contribution in [0.4, 0.5) is 0 Å². The summed E-state index contributed by atoms with van der Waals surface area (Å²) in [5.41, 5.74) is 7.08. The Labute approximate surface area is 162 Å². The summed E-state index contributed by atoms with van der Waals surface area (Å²) in [4.78, 5) is 6.20. The predicted octanol–water partition coefficient (Wildman–Crippen LogP) is 6.15. The maximum absolute atomic E-state index is 3.45. The third-order valence-corrected chi connectivity index (χ3v) is 6.96. The highest BCUT2D eigenvalue weighted by Gasteiger charge is 2.38. The van der Waals surface area contributed by atoms with Gasteiger partial charge >= 0.3 is 0 Å². The molecular formula is C25H30N2. The molecule has 140 valence electrons. The second kappa shape index (κ2) is 6.83. The zero-order chi connectivity index (χ0) is 18.4. The molecule has 1 N–H and O–H groups in total. The average molecular weight is 359 g/mol. The van der Waals surface area contributed by atoms with Gasteiger partial charge in [0.05, 0.1) is 0 Å². The van der Waals surface area contributed by atoms with Gasteiger partial charge in [-0.3, -0.25) is 4.90 Å². The molecule has 0 spiro atoms. The Morgan fingerprint density at radius 1 is 0.963 bits per heavy atom. The first kappa shape index (κ1) is 17.1. The fourth-order valence-electron chi connectivity index (χ4n) is 5.30. The average Bonchev–Trinajstić information content (AvgIpc) is 3.42. The van der Waals surface area contributed by atoms with Gasteiger partial charge in [0.2, 0.25) is 0 Å². The Balaban J connectivity index is 1.49. The first-order chi connectivity index (χ1) is 13.2. The number of H-pyrrole nitrogens is 1. The van der Waals surface area contributed by atoms with Crippen LogP contribution in [0, 0.1) is 25.7 Å². The van der Waals surface area contributed by atoms with Crippen molar-refractivity contribution in [2.45, 2.75) is 52.1 Å². The number of aryl methyl sites for hydroxylation is 2. The van der Waals surface area contributed by atoms with E-state index in [2.05, 4.69) is 72.4 Å². The lowest BCUT2D eigenvalue weighted by atomic mass is 9.83. The zero-order valence-electron chi connectivity index (χ0n) is 16.5. The van der Waals surface area contributed by atoms with Gasteiger partial charge in [-0.2, -0.15) is 0 Å². The summed E-state index contributed by atoms with van der Waals surface area (Å²) in [5, 5.41) is 1.41. The van der Waals surface area contributed by atoms with Crippen LogP contribution in [0.25, 0.3) is 10.9 Å². The van der Waals surface area contributed by atoms with Crippen LogP contribution in [0.2, 0.25) is 0 Å². The van der Waals surface area contributed by atoms with Gasteiger partial charge in [0.1, 0.15) is 0 Å². The van der Waals surface area contributed by atoms with E-state index in [1.807, 2.05) is 0 Å². The fraction of sp³-hybridized carbons (Fsp3) is 0.440.